The number of carbonyl (C=O) groups is 1. The standard InChI is InChI=1S/C12H24O4/c1-5-11(12(13)15-6-2)16-8-7-14-9-10(3)4/h10-11H,5-9H2,1-4H3. The predicted molar refractivity (Wildman–Crippen MR) is 62.3 cm³/mol. The Bertz CT molecular complexity index is 180. The van der Waals surface area contributed by atoms with Crippen molar-refractivity contribution in [1.29, 1.82) is 0 Å². The highest BCUT2D eigenvalue weighted by Crippen LogP contribution is 2.01. The summed E-state index contributed by atoms with van der Waals surface area (Å²) in [6.45, 7) is 9.94. The summed E-state index contributed by atoms with van der Waals surface area (Å²) in [5.74, 6) is 0.237. The zero-order valence-corrected chi connectivity index (χ0v) is 10.8. The molecule has 0 N–H and O–H groups in total. The molecule has 0 amide bonds. The molecule has 4 heteroatoms. The second-order valence-corrected chi connectivity index (χ2v) is 3.99. The molecule has 0 aromatic carbocycles. The number of esters is 1. The minimum atomic E-state index is -0.456. The molecule has 0 aliphatic rings. The highest BCUT2D eigenvalue weighted by molar-refractivity contribution is 5.74. The average molecular weight is 232 g/mol. The van der Waals surface area contributed by atoms with Crippen molar-refractivity contribution in [2.24, 2.45) is 5.92 Å². The van der Waals surface area contributed by atoms with Crippen molar-refractivity contribution < 1.29 is 19.0 Å². The van der Waals surface area contributed by atoms with E-state index >= 15 is 0 Å². The fourth-order valence-electron chi connectivity index (χ4n) is 1.16. The number of rotatable bonds is 9. The number of hydrogen-bond acceptors (Lipinski definition) is 4. The van der Waals surface area contributed by atoms with Gasteiger partial charge in [-0.3, -0.25) is 0 Å². The van der Waals surface area contributed by atoms with E-state index < -0.39 is 6.10 Å². The van der Waals surface area contributed by atoms with Crippen LogP contribution in [0.4, 0.5) is 0 Å². The summed E-state index contributed by atoms with van der Waals surface area (Å²) in [7, 11) is 0. The third kappa shape index (κ3) is 7.65. The number of carbonyl (C=O) groups excluding carboxylic acids is 1. The van der Waals surface area contributed by atoms with E-state index in [2.05, 4.69) is 13.8 Å². The first-order chi connectivity index (χ1) is 7.61. The van der Waals surface area contributed by atoms with Crippen molar-refractivity contribution in [1.82, 2.24) is 0 Å². The lowest BCUT2D eigenvalue weighted by molar-refractivity contribution is -0.157. The average Bonchev–Trinajstić information content (AvgIpc) is 2.23. The summed E-state index contributed by atoms with van der Waals surface area (Å²) >= 11 is 0. The number of hydrogen-bond donors (Lipinski definition) is 0. The molecule has 0 bridgehead atoms. The monoisotopic (exact) mass is 232 g/mol. The van der Waals surface area contributed by atoms with Crippen molar-refractivity contribution in [3.8, 4) is 0 Å². The molecule has 0 fully saturated rings. The third-order valence-electron chi connectivity index (χ3n) is 1.92. The Kier molecular flexibility index (Phi) is 9.24. The van der Waals surface area contributed by atoms with Gasteiger partial charge in [-0.15, -0.1) is 0 Å². The largest absolute Gasteiger partial charge is 0.464 e. The molecule has 0 heterocycles. The highest BCUT2D eigenvalue weighted by Gasteiger charge is 2.17. The second-order valence-electron chi connectivity index (χ2n) is 3.99. The lowest BCUT2D eigenvalue weighted by Crippen LogP contribution is -2.27. The predicted octanol–water partition coefficient (Wildman–Crippen LogP) is 2.02. The fourth-order valence-corrected chi connectivity index (χ4v) is 1.16. The van der Waals surface area contributed by atoms with Crippen LogP contribution in [0.25, 0.3) is 0 Å². The summed E-state index contributed by atoms with van der Waals surface area (Å²) < 4.78 is 15.6. The summed E-state index contributed by atoms with van der Waals surface area (Å²) in [5.41, 5.74) is 0. The third-order valence-corrected chi connectivity index (χ3v) is 1.92. The first-order valence-electron chi connectivity index (χ1n) is 5.97. The van der Waals surface area contributed by atoms with Crippen molar-refractivity contribution in [2.75, 3.05) is 26.4 Å². The Labute approximate surface area is 98.3 Å². The highest BCUT2D eigenvalue weighted by atomic mass is 16.6. The van der Waals surface area contributed by atoms with E-state index in [1.165, 1.54) is 0 Å². The molecule has 0 saturated heterocycles. The van der Waals surface area contributed by atoms with Gasteiger partial charge < -0.3 is 14.2 Å². The molecular formula is C12H24O4. The van der Waals surface area contributed by atoms with Gasteiger partial charge in [0, 0.05) is 6.61 Å². The van der Waals surface area contributed by atoms with Crippen LogP contribution in [0, 0.1) is 5.92 Å². The van der Waals surface area contributed by atoms with Gasteiger partial charge in [0.1, 0.15) is 0 Å². The molecule has 0 aromatic heterocycles. The molecule has 96 valence electrons. The van der Waals surface area contributed by atoms with E-state index in [1.54, 1.807) is 6.92 Å². The van der Waals surface area contributed by atoms with Crippen LogP contribution in [0.1, 0.15) is 34.1 Å². The van der Waals surface area contributed by atoms with E-state index in [0.717, 1.165) is 6.61 Å². The smallest absolute Gasteiger partial charge is 0.335 e. The first kappa shape index (κ1) is 15.4. The van der Waals surface area contributed by atoms with Crippen molar-refractivity contribution in [3.63, 3.8) is 0 Å². The minimum absolute atomic E-state index is 0.283. The molecule has 0 radical (unpaired) electrons. The Balaban J connectivity index is 3.59. The van der Waals surface area contributed by atoms with Gasteiger partial charge >= 0.3 is 5.97 Å². The summed E-state index contributed by atoms with van der Waals surface area (Å²) in [5, 5.41) is 0. The SMILES string of the molecule is CCOC(=O)C(CC)OCCOCC(C)C. The van der Waals surface area contributed by atoms with Gasteiger partial charge in [-0.2, -0.15) is 0 Å². The van der Waals surface area contributed by atoms with Crippen LogP contribution >= 0.6 is 0 Å². The maximum atomic E-state index is 11.4. The molecule has 0 aliphatic heterocycles. The molecular weight excluding hydrogens is 208 g/mol. The van der Waals surface area contributed by atoms with Crippen molar-refractivity contribution in [3.05, 3.63) is 0 Å². The molecule has 0 rings (SSSR count). The van der Waals surface area contributed by atoms with Crippen LogP contribution in [0.15, 0.2) is 0 Å². The quantitative estimate of drug-likeness (QED) is 0.450. The van der Waals surface area contributed by atoms with E-state index in [9.17, 15) is 4.79 Å². The fraction of sp³-hybridized carbons (Fsp3) is 0.917. The maximum Gasteiger partial charge on any atom is 0.335 e. The Morgan fingerprint density at radius 1 is 1.19 bits per heavy atom. The molecule has 16 heavy (non-hydrogen) atoms. The van der Waals surface area contributed by atoms with Gasteiger partial charge in [0.05, 0.1) is 19.8 Å². The maximum absolute atomic E-state index is 11.4. The van der Waals surface area contributed by atoms with E-state index in [1.807, 2.05) is 6.92 Å². The van der Waals surface area contributed by atoms with Crippen LogP contribution in [0.2, 0.25) is 0 Å². The Morgan fingerprint density at radius 2 is 1.88 bits per heavy atom. The van der Waals surface area contributed by atoms with Crippen LogP contribution in [0.3, 0.4) is 0 Å². The molecule has 0 saturated carbocycles. The van der Waals surface area contributed by atoms with Crippen LogP contribution in [-0.4, -0.2) is 38.5 Å². The Morgan fingerprint density at radius 3 is 2.38 bits per heavy atom. The number of ether oxygens (including phenoxy) is 3. The minimum Gasteiger partial charge on any atom is -0.464 e. The molecule has 0 aliphatic carbocycles. The Hall–Kier alpha value is -0.610. The van der Waals surface area contributed by atoms with Gasteiger partial charge in [-0.05, 0) is 19.3 Å². The normalized spacial score (nSPS) is 12.8. The zero-order valence-electron chi connectivity index (χ0n) is 10.8. The van der Waals surface area contributed by atoms with Crippen LogP contribution in [0.5, 0.6) is 0 Å². The first-order valence-corrected chi connectivity index (χ1v) is 5.97. The van der Waals surface area contributed by atoms with E-state index in [0.29, 0.717) is 32.2 Å². The van der Waals surface area contributed by atoms with Crippen molar-refractivity contribution in [2.45, 2.75) is 40.2 Å². The van der Waals surface area contributed by atoms with Crippen LogP contribution < -0.4 is 0 Å². The molecule has 1 unspecified atom stereocenters. The van der Waals surface area contributed by atoms with Gasteiger partial charge in [-0.25, -0.2) is 4.79 Å². The topological polar surface area (TPSA) is 44.8 Å². The van der Waals surface area contributed by atoms with Crippen LogP contribution in [-0.2, 0) is 19.0 Å². The zero-order chi connectivity index (χ0) is 12.4. The summed E-state index contributed by atoms with van der Waals surface area (Å²) in [4.78, 5) is 11.4. The van der Waals surface area contributed by atoms with Crippen molar-refractivity contribution >= 4 is 5.97 Å². The lowest BCUT2D eigenvalue weighted by Gasteiger charge is -2.14. The molecule has 1 atom stereocenters. The molecule has 0 spiro atoms. The lowest BCUT2D eigenvalue weighted by atomic mass is 10.2. The van der Waals surface area contributed by atoms with Gasteiger partial charge in [0.25, 0.3) is 0 Å². The summed E-state index contributed by atoms with van der Waals surface area (Å²) in [6.07, 6.45) is 0.172. The van der Waals surface area contributed by atoms with E-state index in [4.69, 9.17) is 14.2 Å². The van der Waals surface area contributed by atoms with Gasteiger partial charge in [0.15, 0.2) is 6.10 Å². The molecule has 0 aromatic rings. The second kappa shape index (κ2) is 9.60. The van der Waals surface area contributed by atoms with Gasteiger partial charge in [0.2, 0.25) is 0 Å². The molecule has 4 nitrogen and oxygen atoms in total. The van der Waals surface area contributed by atoms with E-state index in [-0.39, 0.29) is 5.97 Å². The summed E-state index contributed by atoms with van der Waals surface area (Å²) in [6, 6.07) is 0. The van der Waals surface area contributed by atoms with Gasteiger partial charge in [-0.1, -0.05) is 20.8 Å².